The van der Waals surface area contributed by atoms with E-state index in [1.807, 2.05) is 12.1 Å². The summed E-state index contributed by atoms with van der Waals surface area (Å²) in [4.78, 5) is 2.72. The molecule has 298 valence electrons. The molecule has 0 aliphatic carbocycles. The molecule has 0 aromatic heterocycles. The SMILES string of the molecule is CC[C@@H](C)c1ccc(OCCCCCCOc2ccc(S(=O)(=O)c3ccc(N4c5ccccc5C(c5ccccc5)(c5ccccc5)c5ccccc54)cc3)cc2)cc1. The van der Waals surface area contributed by atoms with E-state index in [1.165, 1.54) is 16.7 Å². The molecule has 0 saturated carbocycles. The summed E-state index contributed by atoms with van der Waals surface area (Å²) >= 11 is 0. The summed E-state index contributed by atoms with van der Waals surface area (Å²) in [6.45, 7) is 5.73. The molecule has 1 aliphatic heterocycles. The highest BCUT2D eigenvalue weighted by molar-refractivity contribution is 7.91. The van der Waals surface area contributed by atoms with Gasteiger partial charge in [0.25, 0.3) is 0 Å². The molecule has 7 aromatic carbocycles. The molecule has 1 atom stereocenters. The van der Waals surface area contributed by atoms with Gasteiger partial charge in [-0.15, -0.1) is 0 Å². The fourth-order valence-corrected chi connectivity index (χ4v) is 9.64. The lowest BCUT2D eigenvalue weighted by Crippen LogP contribution is -2.37. The van der Waals surface area contributed by atoms with Crippen molar-refractivity contribution < 1.29 is 17.9 Å². The zero-order valence-corrected chi connectivity index (χ0v) is 34.7. The summed E-state index contributed by atoms with van der Waals surface area (Å²) in [6.07, 6.45) is 5.13. The summed E-state index contributed by atoms with van der Waals surface area (Å²) < 4.78 is 39.7. The van der Waals surface area contributed by atoms with Gasteiger partial charge < -0.3 is 14.4 Å². The number of nitrogens with zero attached hydrogens (tertiary/aromatic N) is 1. The van der Waals surface area contributed by atoms with Gasteiger partial charge in [-0.3, -0.25) is 0 Å². The van der Waals surface area contributed by atoms with Crippen LogP contribution < -0.4 is 14.4 Å². The van der Waals surface area contributed by atoms with Gasteiger partial charge in [-0.05, 0) is 139 Å². The monoisotopic (exact) mass is 797 g/mol. The zero-order valence-electron chi connectivity index (χ0n) is 33.8. The summed E-state index contributed by atoms with van der Waals surface area (Å²) in [5.41, 5.74) is 8.40. The highest BCUT2D eigenvalue weighted by Gasteiger charge is 2.46. The second kappa shape index (κ2) is 17.8. The van der Waals surface area contributed by atoms with Crippen molar-refractivity contribution in [3.05, 3.63) is 210 Å². The van der Waals surface area contributed by atoms with E-state index in [4.69, 9.17) is 9.47 Å². The molecule has 5 nitrogen and oxygen atoms in total. The Bertz CT molecular complexity index is 2470. The molecular formula is C53H51NO4S. The van der Waals surface area contributed by atoms with Gasteiger partial charge in [0.2, 0.25) is 9.84 Å². The van der Waals surface area contributed by atoms with Gasteiger partial charge in [0.15, 0.2) is 0 Å². The minimum absolute atomic E-state index is 0.233. The largest absolute Gasteiger partial charge is 0.494 e. The van der Waals surface area contributed by atoms with Crippen molar-refractivity contribution >= 4 is 26.9 Å². The average molecular weight is 798 g/mol. The zero-order chi connectivity index (χ0) is 40.7. The Morgan fingerprint density at radius 2 is 0.932 bits per heavy atom. The van der Waals surface area contributed by atoms with Crippen LogP contribution >= 0.6 is 0 Å². The summed E-state index contributed by atoms with van der Waals surface area (Å²) in [5, 5.41) is 0. The highest BCUT2D eigenvalue weighted by Crippen LogP contribution is 2.57. The van der Waals surface area contributed by atoms with Crippen molar-refractivity contribution in [2.75, 3.05) is 18.1 Å². The summed E-state index contributed by atoms with van der Waals surface area (Å²) in [6, 6.07) is 60.9. The van der Waals surface area contributed by atoms with Crippen molar-refractivity contribution in [3.8, 4) is 11.5 Å². The van der Waals surface area contributed by atoms with E-state index in [1.54, 1.807) is 36.4 Å². The third-order valence-electron chi connectivity index (χ3n) is 11.7. The van der Waals surface area contributed by atoms with E-state index in [9.17, 15) is 8.42 Å². The lowest BCUT2D eigenvalue weighted by Gasteiger charge is -2.46. The van der Waals surface area contributed by atoms with Gasteiger partial charge in [-0.1, -0.05) is 123 Å². The molecule has 8 rings (SSSR count). The first-order valence-corrected chi connectivity index (χ1v) is 22.3. The number of ether oxygens (including phenoxy) is 2. The van der Waals surface area contributed by atoms with Crippen molar-refractivity contribution in [1.82, 2.24) is 0 Å². The van der Waals surface area contributed by atoms with Crippen LogP contribution in [0.5, 0.6) is 11.5 Å². The number of rotatable bonds is 16. The second-order valence-electron chi connectivity index (χ2n) is 15.3. The maximum Gasteiger partial charge on any atom is 0.206 e. The lowest BCUT2D eigenvalue weighted by atomic mass is 9.62. The number of unbranched alkanes of at least 4 members (excludes halogenated alkanes) is 3. The molecule has 0 radical (unpaired) electrons. The molecule has 0 spiro atoms. The molecule has 0 amide bonds. The third kappa shape index (κ3) is 8.02. The van der Waals surface area contributed by atoms with E-state index in [-0.39, 0.29) is 9.79 Å². The highest BCUT2D eigenvalue weighted by atomic mass is 32.2. The minimum atomic E-state index is -3.77. The first kappa shape index (κ1) is 39.7. The van der Waals surface area contributed by atoms with Crippen LogP contribution in [0.1, 0.15) is 79.7 Å². The maximum atomic E-state index is 13.9. The number of benzene rings is 7. The van der Waals surface area contributed by atoms with Crippen LogP contribution in [-0.4, -0.2) is 21.6 Å². The fraction of sp³-hybridized carbons (Fsp3) is 0.208. The Hall–Kier alpha value is -6.11. The molecule has 0 saturated heterocycles. The number of hydrogen-bond acceptors (Lipinski definition) is 5. The number of anilines is 3. The molecule has 0 bridgehead atoms. The molecule has 0 N–H and O–H groups in total. The van der Waals surface area contributed by atoms with Crippen LogP contribution in [0.3, 0.4) is 0 Å². The van der Waals surface area contributed by atoms with E-state index in [0.29, 0.717) is 24.9 Å². The van der Waals surface area contributed by atoms with Crippen LogP contribution in [0, 0.1) is 0 Å². The maximum absolute atomic E-state index is 13.9. The number of sulfone groups is 1. The number of fused-ring (bicyclic) bond motifs is 2. The Balaban J connectivity index is 0.931. The van der Waals surface area contributed by atoms with Gasteiger partial charge >= 0.3 is 0 Å². The third-order valence-corrected chi connectivity index (χ3v) is 13.5. The Kier molecular flexibility index (Phi) is 12.0. The Morgan fingerprint density at radius 3 is 1.41 bits per heavy atom. The van der Waals surface area contributed by atoms with Crippen LogP contribution in [0.2, 0.25) is 0 Å². The standard InChI is InChI=1S/C53H51NO4S/c1-3-40(2)41-26-30-45(31-27-41)57-38-16-4-5-17-39-58-46-32-36-48(37-33-46)59(55,56)47-34-28-44(29-35-47)54-51-24-14-12-22-49(51)53(42-18-8-6-9-19-42,43-20-10-7-11-21-43)50-23-13-15-25-52(50)54/h6-15,18-37,40H,3-5,16-17,38-39H2,1-2H3/t40-/m1/s1. The molecule has 7 aromatic rings. The van der Waals surface area contributed by atoms with E-state index in [2.05, 4.69) is 152 Å². The van der Waals surface area contributed by atoms with Gasteiger partial charge in [0.05, 0.1) is 39.8 Å². The average Bonchev–Trinajstić information content (AvgIpc) is 3.30. The molecule has 0 fully saturated rings. The lowest BCUT2D eigenvalue weighted by molar-refractivity contribution is 0.287. The van der Waals surface area contributed by atoms with Crippen LogP contribution in [0.15, 0.2) is 192 Å². The smallest absolute Gasteiger partial charge is 0.206 e. The predicted molar refractivity (Wildman–Crippen MR) is 239 cm³/mol. The van der Waals surface area contributed by atoms with E-state index < -0.39 is 15.3 Å². The first-order valence-electron chi connectivity index (χ1n) is 20.8. The topological polar surface area (TPSA) is 55.8 Å². The number of para-hydroxylation sites is 2. The fourth-order valence-electron chi connectivity index (χ4n) is 8.38. The molecule has 59 heavy (non-hydrogen) atoms. The van der Waals surface area contributed by atoms with E-state index in [0.717, 1.165) is 66.0 Å². The van der Waals surface area contributed by atoms with Gasteiger partial charge in [-0.2, -0.15) is 0 Å². The van der Waals surface area contributed by atoms with E-state index >= 15 is 0 Å². The normalized spacial score (nSPS) is 13.6. The van der Waals surface area contributed by atoms with Crippen LogP contribution in [-0.2, 0) is 15.3 Å². The van der Waals surface area contributed by atoms with Crippen molar-refractivity contribution in [3.63, 3.8) is 0 Å². The van der Waals surface area contributed by atoms with Gasteiger partial charge in [0, 0.05) is 5.69 Å². The van der Waals surface area contributed by atoms with Crippen molar-refractivity contribution in [1.29, 1.82) is 0 Å². The second-order valence-corrected chi connectivity index (χ2v) is 17.3. The van der Waals surface area contributed by atoms with Gasteiger partial charge in [0.1, 0.15) is 11.5 Å². The Labute approximate surface area is 349 Å². The van der Waals surface area contributed by atoms with Crippen LogP contribution in [0.25, 0.3) is 0 Å². The molecular weight excluding hydrogens is 747 g/mol. The molecule has 0 unspecified atom stereocenters. The Morgan fingerprint density at radius 1 is 0.508 bits per heavy atom. The minimum Gasteiger partial charge on any atom is -0.494 e. The van der Waals surface area contributed by atoms with Crippen molar-refractivity contribution in [2.24, 2.45) is 0 Å². The quantitative estimate of drug-likeness (QED) is 0.0912. The van der Waals surface area contributed by atoms with Crippen LogP contribution in [0.4, 0.5) is 17.1 Å². The van der Waals surface area contributed by atoms with Crippen molar-refractivity contribution in [2.45, 2.75) is 67.1 Å². The van der Waals surface area contributed by atoms with Gasteiger partial charge in [-0.25, -0.2) is 8.42 Å². The predicted octanol–water partition coefficient (Wildman–Crippen LogP) is 13.2. The molecule has 1 heterocycles. The molecule has 1 aliphatic rings. The molecule has 6 heteroatoms. The number of hydrogen-bond donors (Lipinski definition) is 0. The first-order chi connectivity index (χ1) is 28.9. The summed E-state index contributed by atoms with van der Waals surface area (Å²) in [5.74, 6) is 2.15. The summed E-state index contributed by atoms with van der Waals surface area (Å²) in [7, 11) is -3.77.